The number of carbonyl (C=O) groups excluding carboxylic acids is 1. The van der Waals surface area contributed by atoms with Crippen molar-refractivity contribution in [2.45, 2.75) is 25.4 Å². The van der Waals surface area contributed by atoms with Crippen LogP contribution in [0, 0.1) is 0 Å². The summed E-state index contributed by atoms with van der Waals surface area (Å²) in [5.74, 6) is 0.0354. The van der Waals surface area contributed by atoms with Crippen LogP contribution in [-0.4, -0.2) is 27.4 Å². The molecule has 0 aliphatic heterocycles. The van der Waals surface area contributed by atoms with Crippen molar-refractivity contribution >= 4 is 21.8 Å². The van der Waals surface area contributed by atoms with Crippen molar-refractivity contribution in [2.75, 3.05) is 7.05 Å². The molecule has 2 aromatic rings. The van der Waals surface area contributed by atoms with E-state index in [0.29, 0.717) is 12.6 Å². The highest BCUT2D eigenvalue weighted by molar-refractivity contribution is 9.10. The molecule has 0 saturated heterocycles. The first-order valence-corrected chi connectivity index (χ1v) is 7.47. The molecule has 2 aromatic heterocycles. The standard InChI is InChI=1S/C15H16BrN3O/c1-18(10-12-4-2-3-7-17-12)15(20)14-8-11(16)9-19(14)13-5-6-13/h2-4,7-9,13H,5-6,10H2,1H3. The largest absolute Gasteiger partial charge is 0.339 e. The molecule has 1 amide bonds. The number of hydrogen-bond acceptors (Lipinski definition) is 2. The first kappa shape index (κ1) is 13.4. The summed E-state index contributed by atoms with van der Waals surface area (Å²) in [6.07, 6.45) is 6.06. The second-order valence-corrected chi connectivity index (χ2v) is 6.08. The lowest BCUT2D eigenvalue weighted by Crippen LogP contribution is -2.28. The number of aromatic nitrogens is 2. The van der Waals surface area contributed by atoms with E-state index in [4.69, 9.17) is 0 Å². The summed E-state index contributed by atoms with van der Waals surface area (Å²) in [7, 11) is 1.81. The van der Waals surface area contributed by atoms with Gasteiger partial charge in [-0.2, -0.15) is 0 Å². The van der Waals surface area contributed by atoms with Crippen molar-refractivity contribution in [3.63, 3.8) is 0 Å². The van der Waals surface area contributed by atoms with Crippen LogP contribution in [0.4, 0.5) is 0 Å². The van der Waals surface area contributed by atoms with E-state index in [0.717, 1.165) is 28.7 Å². The van der Waals surface area contributed by atoms with Gasteiger partial charge in [-0.15, -0.1) is 0 Å². The van der Waals surface area contributed by atoms with Gasteiger partial charge < -0.3 is 9.47 Å². The molecule has 1 aliphatic rings. The highest BCUT2D eigenvalue weighted by Gasteiger charge is 2.28. The molecule has 4 nitrogen and oxygen atoms in total. The Morgan fingerprint density at radius 1 is 1.50 bits per heavy atom. The SMILES string of the molecule is CN(Cc1ccccn1)C(=O)c1cc(Br)cn1C1CC1. The highest BCUT2D eigenvalue weighted by atomic mass is 79.9. The van der Waals surface area contributed by atoms with Crippen LogP contribution in [0.3, 0.4) is 0 Å². The Balaban J connectivity index is 1.78. The van der Waals surface area contributed by atoms with Crippen LogP contribution in [-0.2, 0) is 6.54 Å². The third kappa shape index (κ3) is 2.77. The fourth-order valence-corrected chi connectivity index (χ4v) is 2.71. The van der Waals surface area contributed by atoms with E-state index in [-0.39, 0.29) is 5.91 Å². The molecule has 0 N–H and O–H groups in total. The van der Waals surface area contributed by atoms with Gasteiger partial charge in [-0.25, -0.2) is 0 Å². The molecule has 1 saturated carbocycles. The second kappa shape index (κ2) is 5.40. The van der Waals surface area contributed by atoms with Crippen LogP contribution in [0.2, 0.25) is 0 Å². The molecule has 0 bridgehead atoms. The van der Waals surface area contributed by atoms with Gasteiger partial charge >= 0.3 is 0 Å². The van der Waals surface area contributed by atoms with Gasteiger partial charge in [0.1, 0.15) is 5.69 Å². The Morgan fingerprint density at radius 2 is 2.30 bits per heavy atom. The van der Waals surface area contributed by atoms with Crippen molar-refractivity contribution in [1.29, 1.82) is 0 Å². The van der Waals surface area contributed by atoms with Gasteiger partial charge in [0.15, 0.2) is 0 Å². The summed E-state index contributed by atoms with van der Waals surface area (Å²) >= 11 is 3.46. The van der Waals surface area contributed by atoms with Crippen LogP contribution in [0.15, 0.2) is 41.1 Å². The van der Waals surface area contributed by atoms with Gasteiger partial charge in [0.05, 0.1) is 12.2 Å². The lowest BCUT2D eigenvalue weighted by atomic mass is 10.3. The maximum atomic E-state index is 12.6. The quantitative estimate of drug-likeness (QED) is 0.861. The second-order valence-electron chi connectivity index (χ2n) is 5.16. The Morgan fingerprint density at radius 3 is 2.95 bits per heavy atom. The lowest BCUT2D eigenvalue weighted by molar-refractivity contribution is 0.0772. The van der Waals surface area contributed by atoms with E-state index < -0.39 is 0 Å². The van der Waals surface area contributed by atoms with Gasteiger partial charge in [-0.3, -0.25) is 9.78 Å². The predicted octanol–water partition coefficient (Wildman–Crippen LogP) is 3.25. The molecule has 5 heteroatoms. The summed E-state index contributed by atoms with van der Waals surface area (Å²) < 4.78 is 3.04. The van der Waals surface area contributed by atoms with E-state index in [9.17, 15) is 4.79 Å². The van der Waals surface area contributed by atoms with Crippen LogP contribution < -0.4 is 0 Å². The molecule has 0 spiro atoms. The van der Waals surface area contributed by atoms with Crippen molar-refractivity contribution < 1.29 is 4.79 Å². The van der Waals surface area contributed by atoms with Crippen molar-refractivity contribution in [3.05, 3.63) is 52.5 Å². The monoisotopic (exact) mass is 333 g/mol. The predicted molar refractivity (Wildman–Crippen MR) is 80.4 cm³/mol. The molecule has 1 aliphatic carbocycles. The number of hydrogen-bond donors (Lipinski definition) is 0. The Kier molecular flexibility index (Phi) is 3.61. The maximum absolute atomic E-state index is 12.6. The first-order valence-electron chi connectivity index (χ1n) is 6.68. The average molecular weight is 334 g/mol. The van der Waals surface area contributed by atoms with Crippen molar-refractivity contribution in [3.8, 4) is 0 Å². The number of amides is 1. The molecule has 0 atom stereocenters. The fourth-order valence-electron chi connectivity index (χ4n) is 2.27. The zero-order valence-electron chi connectivity index (χ0n) is 11.3. The summed E-state index contributed by atoms with van der Waals surface area (Å²) in [5.41, 5.74) is 1.64. The number of halogens is 1. The zero-order chi connectivity index (χ0) is 14.1. The molecule has 104 valence electrons. The van der Waals surface area contributed by atoms with E-state index in [1.807, 2.05) is 37.5 Å². The summed E-state index contributed by atoms with van der Waals surface area (Å²) in [5, 5.41) is 0. The van der Waals surface area contributed by atoms with Crippen molar-refractivity contribution in [2.24, 2.45) is 0 Å². The number of carbonyl (C=O) groups is 1. The van der Waals surface area contributed by atoms with Gasteiger partial charge in [-0.1, -0.05) is 6.07 Å². The first-order chi connectivity index (χ1) is 9.65. The minimum atomic E-state index is 0.0354. The minimum Gasteiger partial charge on any atom is -0.339 e. The van der Waals surface area contributed by atoms with E-state index in [1.54, 1.807) is 11.1 Å². The summed E-state index contributed by atoms with van der Waals surface area (Å²) in [6.45, 7) is 0.521. The van der Waals surface area contributed by atoms with Crippen LogP contribution in [0.5, 0.6) is 0 Å². The van der Waals surface area contributed by atoms with Crippen molar-refractivity contribution in [1.82, 2.24) is 14.5 Å². The van der Waals surface area contributed by atoms with Crippen LogP contribution in [0.1, 0.15) is 35.1 Å². The normalized spacial score (nSPS) is 14.3. The lowest BCUT2D eigenvalue weighted by Gasteiger charge is -2.18. The van der Waals surface area contributed by atoms with E-state index >= 15 is 0 Å². The maximum Gasteiger partial charge on any atom is 0.270 e. The Labute approximate surface area is 126 Å². The average Bonchev–Trinajstić information content (AvgIpc) is 3.22. The zero-order valence-corrected chi connectivity index (χ0v) is 12.9. The van der Waals surface area contributed by atoms with Gasteiger partial charge in [0.25, 0.3) is 5.91 Å². The van der Waals surface area contributed by atoms with Gasteiger partial charge in [0, 0.05) is 30.0 Å². The molecule has 0 unspecified atom stereocenters. The molecule has 1 fully saturated rings. The Hall–Kier alpha value is -1.62. The smallest absolute Gasteiger partial charge is 0.270 e. The summed E-state index contributed by atoms with van der Waals surface area (Å²) in [6, 6.07) is 8.13. The number of pyridine rings is 1. The third-order valence-electron chi connectivity index (χ3n) is 3.45. The molecule has 20 heavy (non-hydrogen) atoms. The molecule has 3 rings (SSSR count). The molecular weight excluding hydrogens is 318 g/mol. The topological polar surface area (TPSA) is 38.1 Å². The Bertz CT molecular complexity index is 619. The number of rotatable bonds is 4. The van der Waals surface area contributed by atoms with E-state index in [1.165, 1.54) is 0 Å². The van der Waals surface area contributed by atoms with Gasteiger partial charge in [-0.05, 0) is 47.0 Å². The van der Waals surface area contributed by atoms with Gasteiger partial charge in [0.2, 0.25) is 0 Å². The van der Waals surface area contributed by atoms with Crippen LogP contribution >= 0.6 is 15.9 Å². The minimum absolute atomic E-state index is 0.0354. The number of nitrogens with zero attached hydrogens (tertiary/aromatic N) is 3. The van der Waals surface area contributed by atoms with Crippen LogP contribution in [0.25, 0.3) is 0 Å². The molecular formula is C15H16BrN3O. The third-order valence-corrected chi connectivity index (χ3v) is 3.88. The van der Waals surface area contributed by atoms with E-state index in [2.05, 4.69) is 25.5 Å². The molecule has 0 aromatic carbocycles. The highest BCUT2D eigenvalue weighted by Crippen LogP contribution is 2.37. The fraction of sp³-hybridized carbons (Fsp3) is 0.333. The molecule has 0 radical (unpaired) electrons. The summed E-state index contributed by atoms with van der Waals surface area (Å²) in [4.78, 5) is 18.5. The molecule has 2 heterocycles.